The first-order valence-electron chi connectivity index (χ1n) is 9.52. The van der Waals surface area contributed by atoms with Crippen molar-refractivity contribution in [2.75, 3.05) is 26.7 Å². The van der Waals surface area contributed by atoms with Crippen molar-refractivity contribution in [1.82, 2.24) is 4.90 Å². The first kappa shape index (κ1) is 18.7. The van der Waals surface area contributed by atoms with Crippen molar-refractivity contribution in [2.45, 2.75) is 50.5 Å². The molecule has 3 heteroatoms. The van der Waals surface area contributed by atoms with Crippen LogP contribution in [0.25, 0.3) is 10.8 Å². The monoisotopic (exact) mass is 359 g/mol. The lowest BCUT2D eigenvalue weighted by molar-refractivity contribution is -0.0954. The molecule has 2 aromatic carbocycles. The van der Waals surface area contributed by atoms with Gasteiger partial charge in [-0.2, -0.15) is 0 Å². The minimum absolute atomic E-state index is 0. The van der Waals surface area contributed by atoms with Gasteiger partial charge in [-0.25, -0.2) is 0 Å². The summed E-state index contributed by atoms with van der Waals surface area (Å²) in [6.45, 7) is 5.05. The van der Waals surface area contributed by atoms with Gasteiger partial charge in [-0.15, -0.1) is 12.4 Å². The van der Waals surface area contributed by atoms with E-state index >= 15 is 0 Å². The van der Waals surface area contributed by atoms with Crippen molar-refractivity contribution in [3.8, 4) is 0 Å². The van der Waals surface area contributed by atoms with Gasteiger partial charge in [0.05, 0.1) is 6.61 Å². The minimum atomic E-state index is -0.211. The van der Waals surface area contributed by atoms with E-state index in [2.05, 4.69) is 55.3 Å². The molecule has 0 radical (unpaired) electrons. The van der Waals surface area contributed by atoms with E-state index in [9.17, 15) is 0 Å². The van der Waals surface area contributed by atoms with Gasteiger partial charge in [0.25, 0.3) is 0 Å². The summed E-state index contributed by atoms with van der Waals surface area (Å²) in [5.74, 6) is 0.737. The molecule has 0 spiro atoms. The summed E-state index contributed by atoms with van der Waals surface area (Å²) < 4.78 is 6.27. The van der Waals surface area contributed by atoms with Crippen LogP contribution in [0.2, 0.25) is 0 Å². The van der Waals surface area contributed by atoms with E-state index in [1.165, 1.54) is 48.4 Å². The van der Waals surface area contributed by atoms with Crippen molar-refractivity contribution in [2.24, 2.45) is 0 Å². The highest BCUT2D eigenvalue weighted by Crippen LogP contribution is 2.40. The zero-order chi connectivity index (χ0) is 16.6. The number of nitrogens with zero attached hydrogens (tertiary/aromatic N) is 1. The Bertz CT molecular complexity index is 725. The number of morpholine rings is 1. The van der Waals surface area contributed by atoms with Gasteiger partial charge in [0, 0.05) is 13.1 Å². The fourth-order valence-corrected chi connectivity index (χ4v) is 4.78. The Balaban J connectivity index is 0.00000182. The van der Waals surface area contributed by atoms with E-state index in [1.807, 2.05) is 0 Å². The van der Waals surface area contributed by atoms with Crippen LogP contribution in [-0.2, 0) is 10.3 Å². The molecule has 1 aliphatic carbocycles. The Morgan fingerprint density at radius 1 is 1.00 bits per heavy atom. The second kappa shape index (κ2) is 7.65. The molecule has 1 aliphatic heterocycles. The number of benzene rings is 2. The Morgan fingerprint density at radius 2 is 1.72 bits per heavy atom. The molecule has 4 rings (SSSR count). The summed E-state index contributed by atoms with van der Waals surface area (Å²) in [6, 6.07) is 13.7. The predicted octanol–water partition coefficient (Wildman–Crippen LogP) is 5.49. The molecule has 1 heterocycles. The van der Waals surface area contributed by atoms with Gasteiger partial charge in [0.1, 0.15) is 5.60 Å². The molecule has 1 atom stereocenters. The van der Waals surface area contributed by atoms with Crippen LogP contribution in [0, 0.1) is 0 Å². The second-order valence-corrected chi connectivity index (χ2v) is 7.90. The molecule has 1 unspecified atom stereocenters. The van der Waals surface area contributed by atoms with E-state index in [1.54, 1.807) is 5.56 Å². The molecule has 0 N–H and O–H groups in total. The maximum atomic E-state index is 6.27. The zero-order valence-electron chi connectivity index (χ0n) is 15.5. The summed E-state index contributed by atoms with van der Waals surface area (Å²) in [7, 11) is 2.19. The molecule has 0 amide bonds. The number of fused-ring (bicyclic) bond motifs is 1. The molecule has 1 saturated heterocycles. The molecule has 2 aliphatic rings. The second-order valence-electron chi connectivity index (χ2n) is 7.90. The van der Waals surface area contributed by atoms with Crippen molar-refractivity contribution in [1.29, 1.82) is 0 Å². The van der Waals surface area contributed by atoms with Gasteiger partial charge in [-0.05, 0) is 54.6 Å². The van der Waals surface area contributed by atoms with Crippen LogP contribution in [0.5, 0.6) is 0 Å². The molecular formula is C22H30ClNO. The van der Waals surface area contributed by atoms with Gasteiger partial charge in [-0.1, -0.05) is 55.7 Å². The van der Waals surface area contributed by atoms with Crippen molar-refractivity contribution in [3.63, 3.8) is 0 Å². The topological polar surface area (TPSA) is 12.5 Å². The SMILES string of the molecule is CN1CCOC(C)(c2ccc(C3CCCCC3)c3ccccc23)C1.Cl. The highest BCUT2D eigenvalue weighted by Gasteiger charge is 2.34. The van der Waals surface area contributed by atoms with Crippen LogP contribution >= 0.6 is 12.4 Å². The highest BCUT2D eigenvalue weighted by atomic mass is 35.5. The van der Waals surface area contributed by atoms with E-state index in [0.717, 1.165) is 25.6 Å². The standard InChI is InChI=1S/C22H29NO.ClH/c1-22(16-23(2)14-15-24-22)21-13-12-18(17-8-4-3-5-9-17)19-10-6-7-11-20(19)21;/h6-7,10-13,17H,3-5,8-9,14-16H2,1-2H3;1H. The Kier molecular flexibility index (Phi) is 5.72. The lowest BCUT2D eigenvalue weighted by atomic mass is 9.79. The van der Waals surface area contributed by atoms with Crippen molar-refractivity contribution < 1.29 is 4.74 Å². The maximum absolute atomic E-state index is 6.27. The fraction of sp³-hybridized carbons (Fsp3) is 0.545. The summed E-state index contributed by atoms with van der Waals surface area (Å²) >= 11 is 0. The first-order valence-corrected chi connectivity index (χ1v) is 9.52. The van der Waals surface area contributed by atoms with Crippen LogP contribution < -0.4 is 0 Å². The van der Waals surface area contributed by atoms with Crippen LogP contribution in [0.1, 0.15) is 56.1 Å². The average molecular weight is 360 g/mol. The average Bonchev–Trinajstić information content (AvgIpc) is 2.61. The lowest BCUT2D eigenvalue weighted by Gasteiger charge is -2.40. The van der Waals surface area contributed by atoms with Gasteiger partial charge in [-0.3, -0.25) is 0 Å². The summed E-state index contributed by atoms with van der Waals surface area (Å²) in [4.78, 5) is 2.38. The Labute approximate surface area is 158 Å². The number of hydrogen-bond acceptors (Lipinski definition) is 2. The number of ether oxygens (including phenoxy) is 1. The largest absolute Gasteiger partial charge is 0.368 e. The van der Waals surface area contributed by atoms with Crippen LogP contribution in [0.3, 0.4) is 0 Å². The third-order valence-electron chi connectivity index (χ3n) is 6.04. The molecule has 25 heavy (non-hydrogen) atoms. The molecule has 2 nitrogen and oxygen atoms in total. The maximum Gasteiger partial charge on any atom is 0.104 e. The minimum Gasteiger partial charge on any atom is -0.368 e. The van der Waals surface area contributed by atoms with E-state index < -0.39 is 0 Å². The first-order chi connectivity index (χ1) is 11.7. The lowest BCUT2D eigenvalue weighted by Crippen LogP contribution is -2.46. The number of rotatable bonds is 2. The molecule has 2 fully saturated rings. The van der Waals surface area contributed by atoms with Gasteiger partial charge < -0.3 is 9.64 Å². The number of halogens is 1. The van der Waals surface area contributed by atoms with Gasteiger partial charge in [0.15, 0.2) is 0 Å². The smallest absolute Gasteiger partial charge is 0.104 e. The zero-order valence-corrected chi connectivity index (χ0v) is 16.3. The van der Waals surface area contributed by atoms with E-state index in [4.69, 9.17) is 4.74 Å². The van der Waals surface area contributed by atoms with Gasteiger partial charge in [0.2, 0.25) is 0 Å². The number of likely N-dealkylation sites (N-methyl/N-ethyl adjacent to an activating group) is 1. The Morgan fingerprint density at radius 3 is 2.44 bits per heavy atom. The third-order valence-corrected chi connectivity index (χ3v) is 6.04. The van der Waals surface area contributed by atoms with Gasteiger partial charge >= 0.3 is 0 Å². The summed E-state index contributed by atoms with van der Waals surface area (Å²) in [5.41, 5.74) is 2.70. The van der Waals surface area contributed by atoms with Crippen LogP contribution in [0.15, 0.2) is 36.4 Å². The summed E-state index contributed by atoms with van der Waals surface area (Å²) in [6.07, 6.45) is 6.86. The summed E-state index contributed by atoms with van der Waals surface area (Å²) in [5, 5.41) is 2.83. The number of hydrogen-bond donors (Lipinski definition) is 0. The molecule has 1 saturated carbocycles. The predicted molar refractivity (Wildman–Crippen MR) is 108 cm³/mol. The van der Waals surface area contributed by atoms with Crippen LogP contribution in [0.4, 0.5) is 0 Å². The molecular weight excluding hydrogens is 330 g/mol. The quantitative estimate of drug-likeness (QED) is 0.703. The molecule has 0 bridgehead atoms. The molecule has 2 aromatic rings. The third kappa shape index (κ3) is 3.58. The van der Waals surface area contributed by atoms with E-state index in [0.29, 0.717) is 0 Å². The van der Waals surface area contributed by atoms with E-state index in [-0.39, 0.29) is 18.0 Å². The highest BCUT2D eigenvalue weighted by molar-refractivity contribution is 5.90. The molecule has 0 aromatic heterocycles. The van der Waals surface area contributed by atoms with Crippen molar-refractivity contribution in [3.05, 3.63) is 47.5 Å². The molecule has 136 valence electrons. The normalized spacial score (nSPS) is 25.7. The fourth-order valence-electron chi connectivity index (χ4n) is 4.78. The van der Waals surface area contributed by atoms with Crippen LogP contribution in [-0.4, -0.2) is 31.6 Å². The Hall–Kier alpha value is -1.09. The van der Waals surface area contributed by atoms with Crippen molar-refractivity contribution >= 4 is 23.2 Å².